The highest BCUT2D eigenvalue weighted by atomic mass is 16.5. The molecule has 2 aromatic rings. The van der Waals surface area contributed by atoms with Gasteiger partial charge in [0.15, 0.2) is 0 Å². The normalized spacial score (nSPS) is 10.7. The Morgan fingerprint density at radius 1 is 0.857 bits per heavy atom. The summed E-state index contributed by atoms with van der Waals surface area (Å²) in [6.07, 6.45) is 6.44. The smallest absolute Gasteiger partial charge is 0.142 e. The van der Waals surface area contributed by atoms with Crippen LogP contribution in [-0.4, -0.2) is 25.8 Å². The summed E-state index contributed by atoms with van der Waals surface area (Å²) in [6.45, 7) is 8.73. The van der Waals surface area contributed by atoms with Gasteiger partial charge in [-0.05, 0) is 44.5 Å². The molecule has 28 heavy (non-hydrogen) atoms. The van der Waals surface area contributed by atoms with Gasteiger partial charge >= 0.3 is 0 Å². The number of benzene rings is 2. The Balaban J connectivity index is 1.71. The SMILES string of the molecule is CCCCCCCOc1cccc(NCCNc2ccccc2OC(C)C)c1. The molecule has 0 saturated carbocycles. The van der Waals surface area contributed by atoms with Gasteiger partial charge in [-0.3, -0.25) is 0 Å². The van der Waals surface area contributed by atoms with Crippen LogP contribution in [0.1, 0.15) is 52.9 Å². The molecule has 0 saturated heterocycles. The average molecular weight is 385 g/mol. The Kier molecular flexibility index (Phi) is 10.1. The van der Waals surface area contributed by atoms with Crippen molar-refractivity contribution in [2.45, 2.75) is 59.0 Å². The van der Waals surface area contributed by atoms with Crippen LogP contribution in [0, 0.1) is 0 Å². The summed E-state index contributed by atoms with van der Waals surface area (Å²) in [6, 6.07) is 16.3. The van der Waals surface area contributed by atoms with Crippen molar-refractivity contribution in [3.63, 3.8) is 0 Å². The van der Waals surface area contributed by atoms with Gasteiger partial charge in [-0.2, -0.15) is 0 Å². The molecule has 2 N–H and O–H groups in total. The second-order valence-electron chi connectivity index (χ2n) is 7.31. The number of hydrogen-bond donors (Lipinski definition) is 2. The van der Waals surface area contributed by atoms with Gasteiger partial charge in [0, 0.05) is 24.8 Å². The summed E-state index contributed by atoms with van der Waals surface area (Å²) in [5.41, 5.74) is 2.11. The summed E-state index contributed by atoms with van der Waals surface area (Å²) in [7, 11) is 0. The first-order chi connectivity index (χ1) is 13.7. The molecule has 0 aromatic heterocycles. The van der Waals surface area contributed by atoms with Gasteiger partial charge in [0.05, 0.1) is 18.4 Å². The molecule has 0 bridgehead atoms. The van der Waals surface area contributed by atoms with Gasteiger partial charge in [-0.15, -0.1) is 0 Å². The van der Waals surface area contributed by atoms with Crippen LogP contribution in [0.15, 0.2) is 48.5 Å². The molecule has 0 spiro atoms. The zero-order chi connectivity index (χ0) is 20.0. The van der Waals surface area contributed by atoms with Gasteiger partial charge in [0.1, 0.15) is 11.5 Å². The van der Waals surface area contributed by atoms with Crippen molar-refractivity contribution in [2.75, 3.05) is 30.3 Å². The Labute approximate surface area is 170 Å². The minimum absolute atomic E-state index is 0.162. The third kappa shape index (κ3) is 8.55. The molecule has 0 aliphatic heterocycles. The predicted molar refractivity (Wildman–Crippen MR) is 120 cm³/mol. The second kappa shape index (κ2) is 12.9. The molecule has 0 aliphatic carbocycles. The number of hydrogen-bond acceptors (Lipinski definition) is 4. The lowest BCUT2D eigenvalue weighted by atomic mass is 10.2. The molecule has 0 aliphatic rings. The van der Waals surface area contributed by atoms with Crippen molar-refractivity contribution in [3.8, 4) is 11.5 Å². The van der Waals surface area contributed by atoms with Gasteiger partial charge in [0.2, 0.25) is 0 Å². The van der Waals surface area contributed by atoms with Crippen molar-refractivity contribution in [1.82, 2.24) is 0 Å². The number of anilines is 2. The Morgan fingerprint density at radius 3 is 2.46 bits per heavy atom. The minimum Gasteiger partial charge on any atom is -0.494 e. The molecule has 0 radical (unpaired) electrons. The van der Waals surface area contributed by atoms with Crippen LogP contribution in [0.2, 0.25) is 0 Å². The molecule has 2 rings (SSSR count). The van der Waals surface area contributed by atoms with E-state index in [2.05, 4.69) is 29.7 Å². The number of ether oxygens (including phenoxy) is 2. The van der Waals surface area contributed by atoms with Crippen molar-refractivity contribution in [1.29, 1.82) is 0 Å². The van der Waals surface area contributed by atoms with Crippen molar-refractivity contribution in [3.05, 3.63) is 48.5 Å². The van der Waals surface area contributed by atoms with Gasteiger partial charge < -0.3 is 20.1 Å². The summed E-state index contributed by atoms with van der Waals surface area (Å²) in [5, 5.41) is 6.89. The molecule has 4 nitrogen and oxygen atoms in total. The molecular formula is C24H36N2O2. The van der Waals surface area contributed by atoms with Gasteiger partial charge in [-0.1, -0.05) is 50.8 Å². The van der Waals surface area contributed by atoms with Gasteiger partial charge in [0.25, 0.3) is 0 Å². The Bertz CT molecular complexity index is 673. The van der Waals surface area contributed by atoms with E-state index in [9.17, 15) is 0 Å². The minimum atomic E-state index is 0.162. The third-order valence-electron chi connectivity index (χ3n) is 4.37. The maximum absolute atomic E-state index is 5.88. The molecule has 0 atom stereocenters. The standard InChI is InChI=1S/C24H36N2O2/c1-4-5-6-7-10-18-27-22-13-11-12-21(19-22)25-16-17-26-23-14-8-9-15-24(23)28-20(2)3/h8-9,11-15,19-20,25-26H,4-7,10,16-18H2,1-3H3. The molecule has 0 fully saturated rings. The van der Waals surface area contributed by atoms with Crippen molar-refractivity contribution >= 4 is 11.4 Å². The quantitative estimate of drug-likeness (QED) is 0.373. The first kappa shape index (κ1) is 21.9. The third-order valence-corrected chi connectivity index (χ3v) is 4.37. The fourth-order valence-electron chi connectivity index (χ4n) is 2.96. The first-order valence-corrected chi connectivity index (χ1v) is 10.7. The van der Waals surface area contributed by atoms with E-state index in [1.54, 1.807) is 0 Å². The van der Waals surface area contributed by atoms with E-state index in [1.807, 2.05) is 50.2 Å². The van der Waals surface area contributed by atoms with Crippen molar-refractivity contribution in [2.24, 2.45) is 0 Å². The van der Waals surface area contributed by atoms with E-state index in [0.717, 1.165) is 49.0 Å². The van der Waals surface area contributed by atoms with Crippen LogP contribution in [0.4, 0.5) is 11.4 Å². The van der Waals surface area contributed by atoms with Crippen LogP contribution in [0.3, 0.4) is 0 Å². The first-order valence-electron chi connectivity index (χ1n) is 10.7. The summed E-state index contributed by atoms with van der Waals surface area (Å²) < 4.78 is 11.7. The van der Waals surface area contributed by atoms with Crippen LogP contribution >= 0.6 is 0 Å². The molecular weight excluding hydrogens is 348 g/mol. The topological polar surface area (TPSA) is 42.5 Å². The van der Waals surface area contributed by atoms with Crippen LogP contribution in [0.25, 0.3) is 0 Å². The molecule has 0 amide bonds. The molecule has 0 heterocycles. The summed E-state index contributed by atoms with van der Waals surface area (Å²) in [5.74, 6) is 1.83. The summed E-state index contributed by atoms with van der Waals surface area (Å²) in [4.78, 5) is 0. The van der Waals surface area contributed by atoms with Crippen LogP contribution in [-0.2, 0) is 0 Å². The zero-order valence-corrected chi connectivity index (χ0v) is 17.7. The lowest BCUT2D eigenvalue weighted by Crippen LogP contribution is -2.15. The largest absolute Gasteiger partial charge is 0.494 e. The number of rotatable bonds is 14. The molecule has 2 aromatic carbocycles. The summed E-state index contributed by atoms with van der Waals surface area (Å²) >= 11 is 0. The predicted octanol–water partition coefficient (Wildman–Crippen LogP) is 6.35. The van der Waals surface area contributed by atoms with E-state index in [4.69, 9.17) is 9.47 Å². The lowest BCUT2D eigenvalue weighted by Gasteiger charge is -2.16. The van der Waals surface area contributed by atoms with E-state index in [1.165, 1.54) is 25.7 Å². The fraction of sp³-hybridized carbons (Fsp3) is 0.500. The molecule has 4 heteroatoms. The van der Waals surface area contributed by atoms with E-state index >= 15 is 0 Å². The Hall–Kier alpha value is -2.36. The highest BCUT2D eigenvalue weighted by Crippen LogP contribution is 2.24. The number of para-hydroxylation sites is 2. The zero-order valence-electron chi connectivity index (χ0n) is 17.7. The maximum atomic E-state index is 5.88. The number of unbranched alkanes of at least 4 members (excludes halogenated alkanes) is 4. The van der Waals surface area contributed by atoms with Crippen molar-refractivity contribution < 1.29 is 9.47 Å². The molecule has 0 unspecified atom stereocenters. The van der Waals surface area contributed by atoms with E-state index in [-0.39, 0.29) is 6.10 Å². The van der Waals surface area contributed by atoms with E-state index < -0.39 is 0 Å². The monoisotopic (exact) mass is 384 g/mol. The van der Waals surface area contributed by atoms with Crippen LogP contribution in [0.5, 0.6) is 11.5 Å². The second-order valence-corrected chi connectivity index (χ2v) is 7.31. The highest BCUT2D eigenvalue weighted by Gasteiger charge is 2.04. The maximum Gasteiger partial charge on any atom is 0.142 e. The highest BCUT2D eigenvalue weighted by molar-refractivity contribution is 5.56. The van der Waals surface area contributed by atoms with E-state index in [0.29, 0.717) is 0 Å². The Morgan fingerprint density at radius 2 is 1.64 bits per heavy atom. The fourth-order valence-corrected chi connectivity index (χ4v) is 2.96. The van der Waals surface area contributed by atoms with Gasteiger partial charge in [-0.25, -0.2) is 0 Å². The average Bonchev–Trinajstić information content (AvgIpc) is 2.69. The number of nitrogens with one attached hydrogen (secondary N) is 2. The lowest BCUT2D eigenvalue weighted by molar-refractivity contribution is 0.243. The molecule has 154 valence electrons. The van der Waals surface area contributed by atoms with Crippen LogP contribution < -0.4 is 20.1 Å².